The third kappa shape index (κ3) is 5.43. The van der Waals surface area contributed by atoms with Crippen molar-refractivity contribution in [3.05, 3.63) is 47.5 Å². The first kappa shape index (κ1) is 21.5. The van der Waals surface area contributed by atoms with Crippen molar-refractivity contribution in [1.29, 1.82) is 0 Å². The van der Waals surface area contributed by atoms with Gasteiger partial charge in [-0.3, -0.25) is 9.59 Å². The number of carbonyl (C=O) groups is 2. The Balaban J connectivity index is 1.44. The highest BCUT2D eigenvalue weighted by Crippen LogP contribution is 2.29. The van der Waals surface area contributed by atoms with E-state index in [4.69, 9.17) is 14.2 Å². The van der Waals surface area contributed by atoms with E-state index in [0.717, 1.165) is 22.6 Å². The Morgan fingerprint density at radius 1 is 1.10 bits per heavy atom. The Morgan fingerprint density at radius 2 is 1.90 bits per heavy atom. The smallest absolute Gasteiger partial charge is 0.224 e. The van der Waals surface area contributed by atoms with Crippen molar-refractivity contribution in [3.63, 3.8) is 0 Å². The van der Waals surface area contributed by atoms with Gasteiger partial charge in [-0.15, -0.1) is 0 Å². The van der Waals surface area contributed by atoms with Gasteiger partial charge in [0, 0.05) is 30.2 Å². The number of carbonyl (C=O) groups excluding carboxylic acids is 2. The molecule has 0 fully saturated rings. The first-order valence-corrected chi connectivity index (χ1v) is 10.1. The second-order valence-corrected chi connectivity index (χ2v) is 7.22. The summed E-state index contributed by atoms with van der Waals surface area (Å²) in [5, 5.41) is 5.85. The van der Waals surface area contributed by atoms with Crippen molar-refractivity contribution in [2.75, 3.05) is 26.1 Å². The predicted molar refractivity (Wildman–Crippen MR) is 114 cm³/mol. The fourth-order valence-corrected chi connectivity index (χ4v) is 3.44. The van der Waals surface area contributed by atoms with Gasteiger partial charge in [0.15, 0.2) is 0 Å². The first-order chi connectivity index (χ1) is 14.5. The Kier molecular flexibility index (Phi) is 7.17. The van der Waals surface area contributed by atoms with Crippen molar-refractivity contribution in [1.82, 2.24) is 5.32 Å². The molecule has 7 heteroatoms. The monoisotopic (exact) mass is 412 g/mol. The number of amides is 2. The third-order valence-corrected chi connectivity index (χ3v) is 5.07. The standard InChI is InChI=1S/C23H28N2O5/c1-15(19-9-7-17(28-2)14-21(19)29-3)24-22(26)5-4-12-30-18-8-10-20-16(13-18)6-11-23(27)25-20/h7-10,13-15H,4-6,11-12H2,1-3H3,(H,24,26)(H,25,27). The molecule has 1 atom stereocenters. The van der Waals surface area contributed by atoms with Crippen LogP contribution in [0.25, 0.3) is 0 Å². The number of benzene rings is 2. The van der Waals surface area contributed by atoms with E-state index in [2.05, 4.69) is 10.6 Å². The molecule has 1 aliphatic heterocycles. The molecule has 1 heterocycles. The lowest BCUT2D eigenvalue weighted by Gasteiger charge is -2.18. The van der Waals surface area contributed by atoms with Crippen LogP contribution in [-0.4, -0.2) is 32.6 Å². The Bertz CT molecular complexity index is 912. The topological polar surface area (TPSA) is 85.9 Å². The van der Waals surface area contributed by atoms with E-state index in [1.165, 1.54) is 0 Å². The van der Waals surface area contributed by atoms with Crippen LogP contribution in [0.2, 0.25) is 0 Å². The fraction of sp³-hybridized carbons (Fsp3) is 0.391. The van der Waals surface area contributed by atoms with Gasteiger partial charge in [0.2, 0.25) is 11.8 Å². The first-order valence-electron chi connectivity index (χ1n) is 10.1. The SMILES string of the molecule is COc1ccc(C(C)NC(=O)CCCOc2ccc3c(c2)CCC(=O)N3)c(OC)c1. The molecule has 2 aromatic carbocycles. The number of fused-ring (bicyclic) bond motifs is 1. The molecule has 0 radical (unpaired) electrons. The molecule has 3 rings (SSSR count). The molecule has 30 heavy (non-hydrogen) atoms. The number of ether oxygens (including phenoxy) is 3. The van der Waals surface area contributed by atoms with Crippen LogP contribution in [0.5, 0.6) is 17.2 Å². The van der Waals surface area contributed by atoms with Crippen molar-refractivity contribution in [2.45, 2.75) is 38.6 Å². The number of rotatable bonds is 9. The number of aryl methyl sites for hydroxylation is 1. The largest absolute Gasteiger partial charge is 0.497 e. The van der Waals surface area contributed by atoms with E-state index in [-0.39, 0.29) is 17.9 Å². The van der Waals surface area contributed by atoms with E-state index in [1.807, 2.05) is 37.3 Å². The van der Waals surface area contributed by atoms with Crippen LogP contribution in [-0.2, 0) is 16.0 Å². The molecule has 1 aliphatic rings. The van der Waals surface area contributed by atoms with Crippen LogP contribution >= 0.6 is 0 Å². The number of hydrogen-bond donors (Lipinski definition) is 2. The Labute approximate surface area is 176 Å². The van der Waals surface area contributed by atoms with Gasteiger partial charge in [0.25, 0.3) is 0 Å². The second-order valence-electron chi connectivity index (χ2n) is 7.22. The van der Waals surface area contributed by atoms with Crippen LogP contribution in [0.1, 0.15) is 43.4 Å². The highest BCUT2D eigenvalue weighted by molar-refractivity contribution is 5.94. The highest BCUT2D eigenvalue weighted by Gasteiger charge is 2.16. The molecule has 160 valence electrons. The normalized spacial score (nSPS) is 13.6. The summed E-state index contributed by atoms with van der Waals surface area (Å²) in [5.74, 6) is 2.13. The van der Waals surface area contributed by atoms with E-state index in [9.17, 15) is 9.59 Å². The van der Waals surface area contributed by atoms with Gasteiger partial charge in [0.05, 0.1) is 26.9 Å². The summed E-state index contributed by atoms with van der Waals surface area (Å²) in [6.45, 7) is 2.36. The molecule has 0 aliphatic carbocycles. The van der Waals surface area contributed by atoms with Crippen molar-refractivity contribution < 1.29 is 23.8 Å². The maximum absolute atomic E-state index is 12.3. The lowest BCUT2D eigenvalue weighted by molar-refractivity contribution is -0.122. The molecule has 0 spiro atoms. The average molecular weight is 412 g/mol. The molecule has 1 unspecified atom stereocenters. The molecular formula is C23H28N2O5. The summed E-state index contributed by atoms with van der Waals surface area (Å²) in [6, 6.07) is 11.0. The van der Waals surface area contributed by atoms with E-state index < -0.39 is 0 Å². The van der Waals surface area contributed by atoms with Gasteiger partial charge in [-0.05, 0) is 55.7 Å². The summed E-state index contributed by atoms with van der Waals surface area (Å²) in [4.78, 5) is 23.7. The van der Waals surface area contributed by atoms with E-state index in [1.54, 1.807) is 20.3 Å². The maximum Gasteiger partial charge on any atom is 0.224 e. The molecule has 0 saturated heterocycles. The van der Waals surface area contributed by atoms with Gasteiger partial charge >= 0.3 is 0 Å². The zero-order chi connectivity index (χ0) is 21.5. The average Bonchev–Trinajstić information content (AvgIpc) is 2.76. The summed E-state index contributed by atoms with van der Waals surface area (Å²) >= 11 is 0. The Hall–Kier alpha value is -3.22. The van der Waals surface area contributed by atoms with E-state index in [0.29, 0.717) is 43.8 Å². The van der Waals surface area contributed by atoms with Gasteiger partial charge < -0.3 is 24.8 Å². The number of anilines is 1. The number of methoxy groups -OCH3 is 2. The van der Waals surface area contributed by atoms with Crippen molar-refractivity contribution >= 4 is 17.5 Å². The summed E-state index contributed by atoms with van der Waals surface area (Å²) in [7, 11) is 3.20. The molecular weight excluding hydrogens is 384 g/mol. The van der Waals surface area contributed by atoms with Gasteiger partial charge in [0.1, 0.15) is 17.2 Å². The lowest BCUT2D eigenvalue weighted by atomic mass is 10.0. The molecule has 2 N–H and O–H groups in total. The van der Waals surface area contributed by atoms with Crippen LogP contribution in [0.3, 0.4) is 0 Å². The third-order valence-electron chi connectivity index (χ3n) is 5.07. The maximum atomic E-state index is 12.3. The Morgan fingerprint density at radius 3 is 2.67 bits per heavy atom. The van der Waals surface area contributed by atoms with Crippen LogP contribution < -0.4 is 24.8 Å². The minimum Gasteiger partial charge on any atom is -0.497 e. The molecule has 2 aromatic rings. The second kappa shape index (κ2) is 10.0. The van der Waals surface area contributed by atoms with Gasteiger partial charge in [-0.2, -0.15) is 0 Å². The molecule has 7 nitrogen and oxygen atoms in total. The van der Waals surface area contributed by atoms with Crippen LogP contribution in [0, 0.1) is 0 Å². The summed E-state index contributed by atoms with van der Waals surface area (Å²) < 4.78 is 16.4. The van der Waals surface area contributed by atoms with Gasteiger partial charge in [-0.25, -0.2) is 0 Å². The predicted octanol–water partition coefficient (Wildman–Crippen LogP) is 3.62. The van der Waals surface area contributed by atoms with Crippen LogP contribution in [0.4, 0.5) is 5.69 Å². The summed E-state index contributed by atoms with van der Waals surface area (Å²) in [5.41, 5.74) is 2.82. The van der Waals surface area contributed by atoms with E-state index >= 15 is 0 Å². The molecule has 0 bridgehead atoms. The number of hydrogen-bond acceptors (Lipinski definition) is 5. The molecule has 0 saturated carbocycles. The lowest BCUT2D eigenvalue weighted by Crippen LogP contribution is -2.27. The number of nitrogens with one attached hydrogen (secondary N) is 2. The summed E-state index contributed by atoms with van der Waals surface area (Å²) in [6.07, 6.45) is 2.18. The van der Waals surface area contributed by atoms with Crippen LogP contribution in [0.15, 0.2) is 36.4 Å². The zero-order valence-electron chi connectivity index (χ0n) is 17.6. The molecule has 0 aromatic heterocycles. The van der Waals surface area contributed by atoms with Gasteiger partial charge in [-0.1, -0.05) is 0 Å². The minimum absolute atomic E-state index is 0.0443. The molecule has 2 amide bonds. The fourth-order valence-electron chi connectivity index (χ4n) is 3.44. The quantitative estimate of drug-likeness (QED) is 0.615. The zero-order valence-corrected chi connectivity index (χ0v) is 17.6. The minimum atomic E-state index is -0.185. The highest BCUT2D eigenvalue weighted by atomic mass is 16.5. The van der Waals surface area contributed by atoms with Crippen molar-refractivity contribution in [3.8, 4) is 17.2 Å². The van der Waals surface area contributed by atoms with Crippen molar-refractivity contribution in [2.24, 2.45) is 0 Å².